The molecular weight excluding hydrogens is 777 g/mol. The molecule has 1 aromatic carbocycles. The Bertz CT molecular complexity index is 1290. The average molecular weight is 874 g/mol. The Labute approximate surface area is 369 Å². The van der Waals surface area contributed by atoms with Crippen molar-refractivity contribution in [2.24, 2.45) is 11.8 Å². The van der Waals surface area contributed by atoms with Crippen LogP contribution in [-0.2, 0) is 29.2 Å². The van der Waals surface area contributed by atoms with E-state index in [1.807, 2.05) is 0 Å². The lowest BCUT2D eigenvalue weighted by atomic mass is 9.85. The van der Waals surface area contributed by atoms with Crippen LogP contribution in [0.3, 0.4) is 0 Å². The molecule has 1 aliphatic carbocycles. The van der Waals surface area contributed by atoms with Crippen LogP contribution in [0.4, 0.5) is 0 Å². The van der Waals surface area contributed by atoms with Gasteiger partial charge in [-0.25, -0.2) is 0 Å². The number of ether oxygens (including phenoxy) is 1. The van der Waals surface area contributed by atoms with Gasteiger partial charge in [-0.3, -0.25) is 4.79 Å². The Hall–Kier alpha value is -1.04. The van der Waals surface area contributed by atoms with E-state index < -0.39 is 25.0 Å². The van der Waals surface area contributed by atoms with E-state index in [1.165, 1.54) is 12.7 Å². The molecule has 8 heteroatoms. The van der Waals surface area contributed by atoms with Gasteiger partial charge in [0.1, 0.15) is 0 Å². The van der Waals surface area contributed by atoms with Crippen molar-refractivity contribution in [3.63, 3.8) is 0 Å². The monoisotopic (exact) mass is 873 g/mol. The van der Waals surface area contributed by atoms with Crippen LogP contribution in [0.15, 0.2) is 42.5 Å². The minimum Gasteiger partial charge on any atom is -0.469 e. The van der Waals surface area contributed by atoms with Crippen molar-refractivity contribution in [3.05, 3.63) is 48.0 Å². The van der Waals surface area contributed by atoms with Crippen LogP contribution in [0.2, 0.25) is 49.9 Å². The third-order valence-electron chi connectivity index (χ3n) is 15.1. The number of unbranched alkanes of at least 4 members (excludes halogenated alkanes) is 1. The van der Waals surface area contributed by atoms with Crippen LogP contribution < -0.4 is 0 Å². The van der Waals surface area contributed by atoms with Crippen molar-refractivity contribution in [2.45, 2.75) is 251 Å². The van der Waals surface area contributed by atoms with Crippen molar-refractivity contribution >= 4 is 30.9 Å². The quantitative estimate of drug-likeness (QED) is 0.0381. The zero-order valence-corrected chi connectivity index (χ0v) is 45.0. The molecule has 0 spiro atoms. The molecule has 2 rings (SSSR count). The molecule has 0 bridgehead atoms. The lowest BCUT2D eigenvalue weighted by Crippen LogP contribution is -2.51. The molecule has 5 atom stereocenters. The summed E-state index contributed by atoms with van der Waals surface area (Å²) in [5, 5.41) is 0. The van der Waals surface area contributed by atoms with Crippen molar-refractivity contribution in [3.8, 4) is 0 Å². The van der Waals surface area contributed by atoms with Crippen LogP contribution in [0.1, 0.15) is 182 Å². The Kier molecular flexibility index (Phi) is 22.7. The molecule has 0 amide bonds. The zero-order chi connectivity index (χ0) is 44.9. The molecule has 0 aromatic heterocycles. The fourth-order valence-corrected chi connectivity index (χ4v) is 29.5. The van der Waals surface area contributed by atoms with Gasteiger partial charge in [-0.05, 0) is 119 Å². The minimum atomic E-state index is -2.21. The van der Waals surface area contributed by atoms with Gasteiger partial charge in [0.25, 0.3) is 0 Å². The van der Waals surface area contributed by atoms with Crippen LogP contribution in [0.25, 0.3) is 0 Å². The first-order valence-electron chi connectivity index (χ1n) is 24.3. The van der Waals surface area contributed by atoms with Crippen LogP contribution in [-0.4, -0.2) is 56.3 Å². The molecule has 0 saturated heterocycles. The third-order valence-corrected chi connectivity index (χ3v) is 33.6. The second-order valence-electron chi connectivity index (χ2n) is 21.3. The van der Waals surface area contributed by atoms with Crippen LogP contribution in [0, 0.1) is 11.8 Å². The van der Waals surface area contributed by atoms with E-state index in [4.69, 9.17) is 18.0 Å². The van der Waals surface area contributed by atoms with E-state index in [1.54, 1.807) is 0 Å². The van der Waals surface area contributed by atoms with Gasteiger partial charge in [0.15, 0.2) is 0 Å². The first-order chi connectivity index (χ1) is 27.6. The number of hydrogen-bond acceptors (Lipinski definition) is 5. The maximum Gasteiger partial charge on any atom is 0.305 e. The highest BCUT2D eigenvalue weighted by atomic mass is 28.4. The SMILES string of the molecule is COC(=O)CCC/C=C\C[C@@H]1[C@@H](CC[C@H](CCc2ccccc2)O[Si](C(C)C)(C(C)C)C(C)C)[C@H](O[Si](C(C)C)(C(C)C)C(C)C)C[C@@H]1O[Si](C(C)C)(C(C)C)C(C)C. The summed E-state index contributed by atoms with van der Waals surface area (Å²) in [4.78, 5) is 11.9. The lowest BCUT2D eigenvalue weighted by molar-refractivity contribution is -0.140. The summed E-state index contributed by atoms with van der Waals surface area (Å²) in [6, 6.07) is 11.1. The smallest absolute Gasteiger partial charge is 0.305 e. The van der Waals surface area contributed by atoms with Gasteiger partial charge in [-0.1, -0.05) is 167 Å². The molecule has 59 heavy (non-hydrogen) atoms. The van der Waals surface area contributed by atoms with Gasteiger partial charge in [0.05, 0.1) is 19.3 Å². The normalized spacial score (nSPS) is 20.4. The maximum atomic E-state index is 11.9. The van der Waals surface area contributed by atoms with Crippen molar-refractivity contribution in [1.82, 2.24) is 0 Å². The summed E-state index contributed by atoms with van der Waals surface area (Å²) < 4.78 is 28.6. The van der Waals surface area contributed by atoms with Gasteiger partial charge in [0, 0.05) is 12.5 Å². The maximum absolute atomic E-state index is 11.9. The molecule has 1 aliphatic rings. The standard InChI is InChI=1S/C51H96O5Si3/c1-36(2)57(37(3)4,38(5)6)54-46(32-31-45-27-23-22-24-28-45)33-34-48-47(29-25-20-21-26-30-51(52)53-19)49(55-58(39(7)8,40(9)10)41(11)12)35-50(48)56-59(42(13)14,43(15)16)44(17)18/h20,22-25,27-28,36-44,46-50H,21,26,29-35H2,1-19H3/b25-20-/t46-,47+,48+,49-,50+/m0/s1. The molecule has 0 aliphatic heterocycles. The fourth-order valence-electron chi connectivity index (χ4n) is 12.6. The molecule has 1 saturated carbocycles. The third kappa shape index (κ3) is 13.5. The Balaban J connectivity index is 2.78. The van der Waals surface area contributed by atoms with Gasteiger partial charge in [-0.2, -0.15) is 0 Å². The summed E-state index contributed by atoms with van der Waals surface area (Å²) in [5.41, 5.74) is 6.11. The fraction of sp³-hybridized carbons (Fsp3) is 0.824. The molecule has 342 valence electrons. The zero-order valence-electron chi connectivity index (χ0n) is 42.0. The Morgan fingerprint density at radius 3 is 1.47 bits per heavy atom. The van der Waals surface area contributed by atoms with E-state index in [0.717, 1.165) is 51.4 Å². The topological polar surface area (TPSA) is 54.0 Å². The second-order valence-corrected chi connectivity index (χ2v) is 37.6. The summed E-state index contributed by atoms with van der Waals surface area (Å²) in [5.74, 6) is 0.601. The van der Waals surface area contributed by atoms with Crippen molar-refractivity contribution < 1.29 is 22.8 Å². The molecule has 0 heterocycles. The number of rotatable bonds is 27. The number of hydrogen-bond donors (Lipinski definition) is 0. The number of esters is 1. The first-order valence-corrected chi connectivity index (χ1v) is 30.8. The van der Waals surface area contributed by atoms with E-state index in [-0.39, 0.29) is 24.3 Å². The van der Waals surface area contributed by atoms with Crippen molar-refractivity contribution in [2.75, 3.05) is 7.11 Å². The molecular formula is C51H96O5Si3. The number of carbonyl (C=O) groups is 1. The molecule has 1 aromatic rings. The number of benzene rings is 1. The summed E-state index contributed by atoms with van der Waals surface area (Å²) in [7, 11) is -5.06. The average Bonchev–Trinajstić information content (AvgIpc) is 3.47. The summed E-state index contributed by atoms with van der Waals surface area (Å²) >= 11 is 0. The molecule has 5 nitrogen and oxygen atoms in total. The van der Waals surface area contributed by atoms with E-state index in [0.29, 0.717) is 68.1 Å². The van der Waals surface area contributed by atoms with E-state index >= 15 is 0 Å². The highest BCUT2D eigenvalue weighted by Crippen LogP contribution is 2.53. The Morgan fingerprint density at radius 1 is 0.610 bits per heavy atom. The lowest BCUT2D eigenvalue weighted by Gasteiger charge is -2.46. The number of allylic oxidation sites excluding steroid dienone is 2. The first kappa shape index (κ1) is 54.1. The summed E-state index contributed by atoms with van der Waals surface area (Å²) in [6.07, 6.45) is 13.6. The number of carbonyl (C=O) groups excluding carboxylic acids is 1. The van der Waals surface area contributed by atoms with Gasteiger partial charge in [0.2, 0.25) is 25.0 Å². The van der Waals surface area contributed by atoms with Crippen LogP contribution >= 0.6 is 0 Å². The van der Waals surface area contributed by atoms with E-state index in [2.05, 4.69) is 167 Å². The van der Waals surface area contributed by atoms with Gasteiger partial charge >= 0.3 is 5.97 Å². The largest absolute Gasteiger partial charge is 0.469 e. The molecule has 0 N–H and O–H groups in total. The van der Waals surface area contributed by atoms with Gasteiger partial charge in [-0.15, -0.1) is 0 Å². The van der Waals surface area contributed by atoms with Crippen LogP contribution in [0.5, 0.6) is 0 Å². The van der Waals surface area contributed by atoms with E-state index in [9.17, 15) is 4.79 Å². The predicted molar refractivity (Wildman–Crippen MR) is 263 cm³/mol. The second kappa shape index (κ2) is 24.7. The molecule has 1 fully saturated rings. The highest BCUT2D eigenvalue weighted by Gasteiger charge is 2.55. The minimum absolute atomic E-state index is 0.128. The number of methoxy groups -OCH3 is 1. The highest BCUT2D eigenvalue weighted by molar-refractivity contribution is 6.78. The number of aryl methyl sites for hydroxylation is 1. The predicted octanol–water partition coefficient (Wildman–Crippen LogP) is 16.0. The molecule has 0 unspecified atom stereocenters. The molecule has 0 radical (unpaired) electrons. The Morgan fingerprint density at radius 2 is 1.05 bits per heavy atom. The van der Waals surface area contributed by atoms with Gasteiger partial charge < -0.3 is 18.0 Å². The van der Waals surface area contributed by atoms with Crippen molar-refractivity contribution in [1.29, 1.82) is 0 Å². The summed E-state index contributed by atoms with van der Waals surface area (Å²) in [6.45, 7) is 43.8.